The summed E-state index contributed by atoms with van der Waals surface area (Å²) in [4.78, 5) is 14.8. The van der Waals surface area contributed by atoms with Gasteiger partial charge in [0.25, 0.3) is 0 Å². The van der Waals surface area contributed by atoms with E-state index in [1.165, 1.54) is 0 Å². The van der Waals surface area contributed by atoms with E-state index in [2.05, 4.69) is 36.4 Å². The molecule has 5 rings (SSSR count). The molecular formula is C35H37NO4. The van der Waals surface area contributed by atoms with Crippen molar-refractivity contribution < 1.29 is 19.0 Å². The molecule has 1 aliphatic heterocycles. The van der Waals surface area contributed by atoms with Crippen molar-refractivity contribution in [2.45, 2.75) is 50.7 Å². The van der Waals surface area contributed by atoms with Crippen LogP contribution in [-0.2, 0) is 26.4 Å². The van der Waals surface area contributed by atoms with E-state index in [9.17, 15) is 4.79 Å². The molecule has 1 aliphatic rings. The normalized spacial score (nSPS) is 16.8. The average Bonchev–Trinajstić information content (AvgIpc) is 3.72. The number of amides is 1. The van der Waals surface area contributed by atoms with Gasteiger partial charge >= 0.3 is 6.09 Å². The van der Waals surface area contributed by atoms with Crippen molar-refractivity contribution in [1.29, 1.82) is 0 Å². The number of ether oxygens (including phenoxy) is 3. The van der Waals surface area contributed by atoms with Crippen molar-refractivity contribution in [3.8, 4) is 0 Å². The predicted octanol–water partition coefficient (Wildman–Crippen LogP) is 7.20. The minimum absolute atomic E-state index is 0.142. The van der Waals surface area contributed by atoms with E-state index in [0.717, 1.165) is 22.3 Å². The molecule has 1 amide bonds. The van der Waals surface area contributed by atoms with E-state index in [1.807, 2.05) is 106 Å². The summed E-state index contributed by atoms with van der Waals surface area (Å²) in [5.41, 5.74) is 2.78. The molecule has 2 unspecified atom stereocenters. The Morgan fingerprint density at radius 2 is 1.15 bits per heavy atom. The van der Waals surface area contributed by atoms with E-state index >= 15 is 0 Å². The Morgan fingerprint density at radius 3 is 1.60 bits per heavy atom. The predicted molar refractivity (Wildman–Crippen MR) is 157 cm³/mol. The molecule has 1 heterocycles. The summed E-state index contributed by atoms with van der Waals surface area (Å²) in [7, 11) is 0. The SMILES string of the molecule is CC(C)(C)OC(=O)N(Cc1ccccc1)CC1OC1COC(c1ccccc1)(c1ccccc1)c1ccccc1. The molecule has 0 aromatic heterocycles. The van der Waals surface area contributed by atoms with Gasteiger partial charge in [0.2, 0.25) is 0 Å². The number of hydrogen-bond donors (Lipinski definition) is 0. The highest BCUT2D eigenvalue weighted by atomic mass is 16.6. The second-order valence-electron chi connectivity index (χ2n) is 11.1. The first-order valence-electron chi connectivity index (χ1n) is 13.8. The molecule has 0 N–H and O–H groups in total. The number of carbonyl (C=O) groups is 1. The lowest BCUT2D eigenvalue weighted by molar-refractivity contribution is 0.00419. The Bertz CT molecular complexity index is 1260. The molecule has 5 heteroatoms. The molecule has 5 nitrogen and oxygen atoms in total. The number of nitrogens with zero attached hydrogens (tertiary/aromatic N) is 1. The summed E-state index contributed by atoms with van der Waals surface area (Å²) in [5.74, 6) is 0. The zero-order valence-corrected chi connectivity index (χ0v) is 23.4. The molecule has 206 valence electrons. The molecule has 4 aromatic rings. The van der Waals surface area contributed by atoms with Crippen LogP contribution in [0.25, 0.3) is 0 Å². The lowest BCUT2D eigenvalue weighted by Crippen LogP contribution is -2.39. The Labute approximate surface area is 237 Å². The topological polar surface area (TPSA) is 51.3 Å². The van der Waals surface area contributed by atoms with E-state index in [1.54, 1.807) is 4.90 Å². The van der Waals surface area contributed by atoms with Gasteiger partial charge in [0.15, 0.2) is 0 Å². The van der Waals surface area contributed by atoms with Gasteiger partial charge in [0.05, 0.1) is 13.2 Å². The molecule has 1 fully saturated rings. The van der Waals surface area contributed by atoms with Gasteiger partial charge in [-0.25, -0.2) is 4.79 Å². The minimum atomic E-state index is -0.810. The number of epoxide rings is 1. The first-order valence-corrected chi connectivity index (χ1v) is 13.8. The minimum Gasteiger partial charge on any atom is -0.444 e. The fourth-order valence-electron chi connectivity index (χ4n) is 5.01. The van der Waals surface area contributed by atoms with Crippen molar-refractivity contribution in [1.82, 2.24) is 4.90 Å². The highest BCUT2D eigenvalue weighted by Gasteiger charge is 2.45. The van der Waals surface area contributed by atoms with Crippen LogP contribution in [0.3, 0.4) is 0 Å². The van der Waals surface area contributed by atoms with Crippen LogP contribution in [0, 0.1) is 0 Å². The van der Waals surface area contributed by atoms with Gasteiger partial charge in [0, 0.05) is 6.54 Å². The van der Waals surface area contributed by atoms with Gasteiger partial charge in [-0.2, -0.15) is 0 Å². The van der Waals surface area contributed by atoms with Crippen LogP contribution in [0.2, 0.25) is 0 Å². The van der Waals surface area contributed by atoms with Gasteiger partial charge in [-0.15, -0.1) is 0 Å². The van der Waals surface area contributed by atoms with Crippen molar-refractivity contribution in [2.24, 2.45) is 0 Å². The molecule has 4 aromatic carbocycles. The molecule has 1 saturated heterocycles. The van der Waals surface area contributed by atoms with Crippen LogP contribution in [0.5, 0.6) is 0 Å². The Morgan fingerprint density at radius 1 is 0.700 bits per heavy atom. The smallest absolute Gasteiger partial charge is 0.410 e. The number of benzene rings is 4. The van der Waals surface area contributed by atoms with Gasteiger partial charge in [-0.05, 0) is 43.0 Å². The number of carbonyl (C=O) groups excluding carboxylic acids is 1. The molecule has 0 spiro atoms. The maximum atomic E-state index is 13.1. The van der Waals surface area contributed by atoms with Crippen molar-refractivity contribution in [3.05, 3.63) is 144 Å². The lowest BCUT2D eigenvalue weighted by atomic mass is 9.80. The summed E-state index contributed by atoms with van der Waals surface area (Å²) in [6.07, 6.45) is -0.633. The molecular weight excluding hydrogens is 498 g/mol. The van der Waals surface area contributed by atoms with Gasteiger partial charge < -0.3 is 19.1 Å². The van der Waals surface area contributed by atoms with Crippen LogP contribution in [0.4, 0.5) is 4.79 Å². The monoisotopic (exact) mass is 535 g/mol. The third kappa shape index (κ3) is 6.61. The number of hydrogen-bond acceptors (Lipinski definition) is 4. The molecule has 0 aliphatic carbocycles. The van der Waals surface area contributed by atoms with Gasteiger partial charge in [-0.3, -0.25) is 0 Å². The first-order chi connectivity index (χ1) is 19.3. The van der Waals surface area contributed by atoms with Crippen molar-refractivity contribution in [2.75, 3.05) is 13.2 Å². The van der Waals surface area contributed by atoms with Crippen LogP contribution in [-0.4, -0.2) is 42.0 Å². The summed E-state index contributed by atoms with van der Waals surface area (Å²) in [6.45, 7) is 6.89. The first kappa shape index (κ1) is 27.6. The Kier molecular flexibility index (Phi) is 8.34. The molecule has 2 atom stereocenters. The Hall–Kier alpha value is -3.93. The summed E-state index contributed by atoms with van der Waals surface area (Å²) >= 11 is 0. The van der Waals surface area contributed by atoms with E-state index in [4.69, 9.17) is 14.2 Å². The fraction of sp³-hybridized carbons (Fsp3) is 0.286. The maximum Gasteiger partial charge on any atom is 0.410 e. The highest BCUT2D eigenvalue weighted by Crippen LogP contribution is 2.41. The third-order valence-corrected chi connectivity index (χ3v) is 6.96. The zero-order valence-electron chi connectivity index (χ0n) is 23.4. The van der Waals surface area contributed by atoms with Crippen molar-refractivity contribution in [3.63, 3.8) is 0 Å². The molecule has 40 heavy (non-hydrogen) atoms. The second kappa shape index (κ2) is 12.1. The molecule has 0 radical (unpaired) electrons. The zero-order chi connectivity index (χ0) is 28.0. The van der Waals surface area contributed by atoms with Crippen molar-refractivity contribution >= 4 is 6.09 Å². The van der Waals surface area contributed by atoms with Gasteiger partial charge in [0.1, 0.15) is 23.4 Å². The Balaban J connectivity index is 1.37. The van der Waals surface area contributed by atoms with Gasteiger partial charge in [-0.1, -0.05) is 121 Å². The third-order valence-electron chi connectivity index (χ3n) is 6.96. The highest BCUT2D eigenvalue weighted by molar-refractivity contribution is 5.68. The fourth-order valence-corrected chi connectivity index (χ4v) is 5.01. The van der Waals surface area contributed by atoms with Crippen LogP contribution in [0.1, 0.15) is 43.0 Å². The maximum absolute atomic E-state index is 13.1. The van der Waals surface area contributed by atoms with E-state index in [-0.39, 0.29) is 18.3 Å². The van der Waals surface area contributed by atoms with E-state index < -0.39 is 11.2 Å². The number of rotatable bonds is 10. The molecule has 0 bridgehead atoms. The quantitative estimate of drug-likeness (QED) is 0.159. The summed E-state index contributed by atoms with van der Waals surface area (Å²) < 4.78 is 18.7. The summed E-state index contributed by atoms with van der Waals surface area (Å²) in [5, 5.41) is 0. The lowest BCUT2D eigenvalue weighted by Gasteiger charge is -2.36. The van der Waals surface area contributed by atoms with Crippen LogP contribution < -0.4 is 0 Å². The average molecular weight is 536 g/mol. The standard InChI is InChI=1S/C35H37NO4/c1-34(2,3)40-33(37)36(24-27-16-8-4-9-17-27)25-31-32(39-31)26-38-35(28-18-10-5-11-19-28,29-20-12-6-13-21-29)30-22-14-7-15-23-30/h4-23,31-32H,24-26H2,1-3H3. The summed E-state index contributed by atoms with van der Waals surface area (Å²) in [6, 6.07) is 40.9. The van der Waals surface area contributed by atoms with E-state index in [0.29, 0.717) is 19.7 Å². The van der Waals surface area contributed by atoms with Crippen LogP contribution in [0.15, 0.2) is 121 Å². The van der Waals surface area contributed by atoms with Crippen LogP contribution >= 0.6 is 0 Å². The molecule has 0 saturated carbocycles. The second-order valence-corrected chi connectivity index (χ2v) is 11.1. The largest absolute Gasteiger partial charge is 0.444 e.